The van der Waals surface area contributed by atoms with Crippen LogP contribution in [0.3, 0.4) is 0 Å². The molecular weight excluding hydrogens is 251 g/mol. The molecule has 0 radical (unpaired) electrons. The second-order valence-electron chi connectivity index (χ2n) is 3.57. The number of nitrogens with two attached hydrogens (primary N) is 3. The molecule has 0 unspecified atom stereocenters. The van der Waals surface area contributed by atoms with E-state index in [9.17, 15) is 9.18 Å². The third kappa shape index (κ3) is 4.62. The summed E-state index contributed by atoms with van der Waals surface area (Å²) in [5, 5.41) is 2.57. The molecule has 0 saturated carbocycles. The molecule has 0 fully saturated rings. The van der Waals surface area contributed by atoms with Gasteiger partial charge < -0.3 is 22.5 Å². The predicted octanol–water partition coefficient (Wildman–Crippen LogP) is 0.394. The molecule has 1 aromatic carbocycles. The molecule has 7 nitrogen and oxygen atoms in total. The number of aliphatic imine (C=N–C) groups is 2. The van der Waals surface area contributed by atoms with Gasteiger partial charge in [-0.3, -0.25) is 4.79 Å². The molecule has 1 amide bonds. The Morgan fingerprint density at radius 1 is 1.37 bits per heavy atom. The molecule has 0 bridgehead atoms. The highest BCUT2D eigenvalue weighted by Gasteiger charge is 2.05. The first-order chi connectivity index (χ1) is 8.92. The average molecular weight is 266 g/mol. The predicted molar refractivity (Wildman–Crippen MR) is 72.4 cm³/mol. The Hall–Kier alpha value is -2.64. The van der Waals surface area contributed by atoms with E-state index in [1.54, 1.807) is 6.92 Å². The number of hydrogen-bond acceptors (Lipinski definition) is 2. The van der Waals surface area contributed by atoms with Gasteiger partial charge in [-0.25, -0.2) is 9.38 Å². The Bertz CT molecular complexity index is 536. The number of carbonyl (C=O) groups is 1. The normalized spacial score (nSPS) is 10.9. The minimum atomic E-state index is -0.608. The molecule has 0 aromatic heterocycles. The van der Waals surface area contributed by atoms with E-state index in [1.165, 1.54) is 12.1 Å². The fourth-order valence-electron chi connectivity index (χ4n) is 1.21. The molecule has 0 aliphatic carbocycles. The summed E-state index contributed by atoms with van der Waals surface area (Å²) in [6.45, 7) is 1.70. The molecule has 0 saturated heterocycles. The molecule has 0 aliphatic rings. The van der Waals surface area contributed by atoms with Crippen molar-refractivity contribution in [2.45, 2.75) is 13.3 Å². The third-order valence-corrected chi connectivity index (χ3v) is 2.03. The van der Waals surface area contributed by atoms with Gasteiger partial charge in [0, 0.05) is 12.1 Å². The van der Waals surface area contributed by atoms with Gasteiger partial charge in [-0.1, -0.05) is 6.92 Å². The van der Waals surface area contributed by atoms with Gasteiger partial charge in [0.25, 0.3) is 0 Å². The molecule has 19 heavy (non-hydrogen) atoms. The Balaban J connectivity index is 3.04. The summed E-state index contributed by atoms with van der Waals surface area (Å²) in [5.74, 6) is -1.36. The second kappa shape index (κ2) is 6.34. The number of halogens is 1. The van der Waals surface area contributed by atoms with Crippen LogP contribution in [-0.2, 0) is 4.79 Å². The number of benzene rings is 1. The number of anilines is 1. The summed E-state index contributed by atoms with van der Waals surface area (Å²) in [6.07, 6.45) is 0.312. The summed E-state index contributed by atoms with van der Waals surface area (Å²) >= 11 is 0. The van der Waals surface area contributed by atoms with E-state index < -0.39 is 5.82 Å². The lowest BCUT2D eigenvalue weighted by Gasteiger charge is -2.05. The molecule has 0 heterocycles. The first kappa shape index (κ1) is 14.4. The van der Waals surface area contributed by atoms with Gasteiger partial charge in [-0.05, 0) is 18.2 Å². The summed E-state index contributed by atoms with van der Waals surface area (Å²) in [7, 11) is 0. The lowest BCUT2D eigenvalue weighted by Crippen LogP contribution is -2.26. The van der Waals surface area contributed by atoms with Crippen molar-refractivity contribution in [1.82, 2.24) is 0 Å². The highest BCUT2D eigenvalue weighted by molar-refractivity contribution is 5.94. The number of carbonyl (C=O) groups excluding carboxylic acids is 1. The maximum absolute atomic E-state index is 13.5. The standard InChI is InChI=1S/C11H15FN6O/c1-2-9(19)16-6-3-4-7(12)8(5-6)17-11(15)18-10(13)14/h3-5H,2H2,1H3,(H,16,19)(H6,13,14,15,17,18). The number of hydrogen-bond donors (Lipinski definition) is 4. The first-order valence-corrected chi connectivity index (χ1v) is 5.45. The minimum absolute atomic E-state index is 0.0728. The van der Waals surface area contributed by atoms with Crippen LogP contribution in [0.2, 0.25) is 0 Å². The smallest absolute Gasteiger partial charge is 0.224 e. The average Bonchev–Trinajstić information content (AvgIpc) is 2.32. The largest absolute Gasteiger partial charge is 0.370 e. The van der Waals surface area contributed by atoms with Crippen molar-refractivity contribution in [2.24, 2.45) is 27.2 Å². The Labute approximate surface area is 109 Å². The van der Waals surface area contributed by atoms with E-state index in [0.717, 1.165) is 6.07 Å². The zero-order valence-corrected chi connectivity index (χ0v) is 10.4. The van der Waals surface area contributed by atoms with Gasteiger partial charge in [0.2, 0.25) is 11.9 Å². The highest BCUT2D eigenvalue weighted by Crippen LogP contribution is 2.22. The topological polar surface area (TPSA) is 132 Å². The molecule has 1 rings (SSSR count). The summed E-state index contributed by atoms with van der Waals surface area (Å²) in [5.41, 5.74) is 16.0. The zero-order chi connectivity index (χ0) is 14.4. The number of guanidine groups is 2. The van der Waals surface area contributed by atoms with Crippen molar-refractivity contribution in [3.8, 4) is 0 Å². The van der Waals surface area contributed by atoms with Crippen molar-refractivity contribution < 1.29 is 9.18 Å². The Morgan fingerprint density at radius 2 is 2.05 bits per heavy atom. The van der Waals surface area contributed by atoms with Gasteiger partial charge >= 0.3 is 0 Å². The van der Waals surface area contributed by atoms with Gasteiger partial charge in [0.1, 0.15) is 11.5 Å². The number of rotatable bonds is 3. The van der Waals surface area contributed by atoms with E-state index in [1.807, 2.05) is 0 Å². The monoisotopic (exact) mass is 266 g/mol. The molecule has 0 spiro atoms. The SMILES string of the molecule is CCC(=O)Nc1ccc(F)c(N=C(N)N=C(N)N)c1. The molecule has 8 heteroatoms. The van der Waals surface area contributed by atoms with Crippen LogP contribution in [0.25, 0.3) is 0 Å². The van der Waals surface area contributed by atoms with Crippen LogP contribution in [0.1, 0.15) is 13.3 Å². The van der Waals surface area contributed by atoms with Crippen LogP contribution in [0, 0.1) is 5.82 Å². The van der Waals surface area contributed by atoms with Gasteiger partial charge in [-0.2, -0.15) is 4.99 Å². The van der Waals surface area contributed by atoms with Crippen LogP contribution in [0.5, 0.6) is 0 Å². The maximum Gasteiger partial charge on any atom is 0.224 e. The third-order valence-electron chi connectivity index (χ3n) is 2.03. The maximum atomic E-state index is 13.5. The van der Waals surface area contributed by atoms with Gasteiger partial charge in [-0.15, -0.1) is 0 Å². The van der Waals surface area contributed by atoms with Crippen molar-refractivity contribution >= 4 is 29.2 Å². The summed E-state index contributed by atoms with van der Waals surface area (Å²) in [6, 6.07) is 3.91. The zero-order valence-electron chi connectivity index (χ0n) is 10.4. The van der Waals surface area contributed by atoms with E-state index in [2.05, 4.69) is 15.3 Å². The summed E-state index contributed by atoms with van der Waals surface area (Å²) < 4.78 is 13.5. The van der Waals surface area contributed by atoms with Crippen LogP contribution >= 0.6 is 0 Å². The lowest BCUT2D eigenvalue weighted by atomic mass is 10.2. The second-order valence-corrected chi connectivity index (χ2v) is 3.57. The quantitative estimate of drug-likeness (QED) is 0.465. The van der Waals surface area contributed by atoms with Crippen molar-refractivity contribution in [3.63, 3.8) is 0 Å². The van der Waals surface area contributed by atoms with E-state index in [0.29, 0.717) is 12.1 Å². The summed E-state index contributed by atoms with van der Waals surface area (Å²) in [4.78, 5) is 18.4. The Kier molecular flexibility index (Phi) is 4.81. The fraction of sp³-hybridized carbons (Fsp3) is 0.182. The fourth-order valence-corrected chi connectivity index (χ4v) is 1.21. The lowest BCUT2D eigenvalue weighted by molar-refractivity contribution is -0.115. The van der Waals surface area contributed by atoms with Crippen LogP contribution < -0.4 is 22.5 Å². The van der Waals surface area contributed by atoms with E-state index >= 15 is 0 Å². The van der Waals surface area contributed by atoms with Crippen LogP contribution in [0.4, 0.5) is 15.8 Å². The highest BCUT2D eigenvalue weighted by atomic mass is 19.1. The van der Waals surface area contributed by atoms with Gasteiger partial charge in [0.15, 0.2) is 5.96 Å². The van der Waals surface area contributed by atoms with Crippen molar-refractivity contribution in [3.05, 3.63) is 24.0 Å². The number of nitrogens with one attached hydrogen (secondary N) is 1. The molecule has 1 aromatic rings. The number of nitrogens with zero attached hydrogens (tertiary/aromatic N) is 2. The van der Waals surface area contributed by atoms with Crippen LogP contribution in [-0.4, -0.2) is 17.8 Å². The molecule has 7 N–H and O–H groups in total. The van der Waals surface area contributed by atoms with Crippen molar-refractivity contribution in [1.29, 1.82) is 0 Å². The van der Waals surface area contributed by atoms with Crippen LogP contribution in [0.15, 0.2) is 28.2 Å². The van der Waals surface area contributed by atoms with Crippen molar-refractivity contribution in [2.75, 3.05) is 5.32 Å². The number of amides is 1. The molecular formula is C11H15FN6O. The molecule has 102 valence electrons. The molecule has 0 aliphatic heterocycles. The first-order valence-electron chi connectivity index (χ1n) is 5.45. The van der Waals surface area contributed by atoms with E-state index in [4.69, 9.17) is 17.2 Å². The molecule has 0 atom stereocenters. The van der Waals surface area contributed by atoms with Gasteiger partial charge in [0.05, 0.1) is 0 Å². The Morgan fingerprint density at radius 3 is 2.63 bits per heavy atom. The van der Waals surface area contributed by atoms with E-state index in [-0.39, 0.29) is 23.5 Å². The minimum Gasteiger partial charge on any atom is -0.370 e.